The fourth-order valence-corrected chi connectivity index (χ4v) is 3.05. The van der Waals surface area contributed by atoms with Crippen LogP contribution in [0.4, 0.5) is 0 Å². The third-order valence-corrected chi connectivity index (χ3v) is 4.17. The number of likely N-dealkylation sites (tertiary alicyclic amines) is 1. The molecule has 0 radical (unpaired) electrons. The van der Waals surface area contributed by atoms with E-state index in [4.69, 9.17) is 4.74 Å². The van der Waals surface area contributed by atoms with Crippen LogP contribution in [0.3, 0.4) is 0 Å². The summed E-state index contributed by atoms with van der Waals surface area (Å²) in [6.07, 6.45) is 0. The van der Waals surface area contributed by atoms with Crippen LogP contribution in [-0.2, 0) is 0 Å². The molecule has 0 amide bonds. The third-order valence-electron chi connectivity index (χ3n) is 4.17. The Morgan fingerprint density at radius 3 is 2.48 bits per heavy atom. The second-order valence-electron chi connectivity index (χ2n) is 6.08. The Morgan fingerprint density at radius 2 is 1.95 bits per heavy atom. The molecule has 1 aromatic rings. The molecule has 116 valence electrons. The maximum absolute atomic E-state index is 12.4. The molecule has 1 aliphatic heterocycles. The monoisotopic (exact) mass is 290 g/mol. The average molecular weight is 290 g/mol. The van der Waals surface area contributed by atoms with Gasteiger partial charge in [0.15, 0.2) is 5.78 Å². The van der Waals surface area contributed by atoms with Crippen molar-refractivity contribution < 1.29 is 9.53 Å². The van der Waals surface area contributed by atoms with Gasteiger partial charge in [-0.2, -0.15) is 0 Å². The minimum absolute atomic E-state index is 0.185. The number of benzene rings is 1. The van der Waals surface area contributed by atoms with Gasteiger partial charge in [-0.3, -0.25) is 9.69 Å². The van der Waals surface area contributed by atoms with Crippen LogP contribution in [0.25, 0.3) is 0 Å². The summed E-state index contributed by atoms with van der Waals surface area (Å²) in [4.78, 5) is 16.9. The Morgan fingerprint density at radius 1 is 1.29 bits per heavy atom. The molecule has 1 heterocycles. The smallest absolute Gasteiger partial charge is 0.176 e. The molecule has 1 saturated heterocycles. The normalized spacial score (nSPS) is 22.7. The van der Waals surface area contributed by atoms with Crippen molar-refractivity contribution in [2.24, 2.45) is 5.92 Å². The Bertz CT molecular complexity index is 470. The van der Waals surface area contributed by atoms with Gasteiger partial charge in [-0.1, -0.05) is 6.92 Å². The molecule has 4 heteroatoms. The van der Waals surface area contributed by atoms with Crippen LogP contribution < -0.4 is 4.74 Å². The minimum Gasteiger partial charge on any atom is -0.494 e. The van der Waals surface area contributed by atoms with Gasteiger partial charge in [0.1, 0.15) is 5.75 Å². The minimum atomic E-state index is 0.185. The van der Waals surface area contributed by atoms with Crippen molar-refractivity contribution in [1.29, 1.82) is 0 Å². The molecule has 2 atom stereocenters. The van der Waals surface area contributed by atoms with Crippen LogP contribution in [0.1, 0.15) is 24.2 Å². The summed E-state index contributed by atoms with van der Waals surface area (Å²) in [7, 11) is 4.22. The zero-order valence-corrected chi connectivity index (χ0v) is 13.5. The lowest BCUT2D eigenvalue weighted by atomic mass is 10.1. The predicted molar refractivity (Wildman–Crippen MR) is 85.0 cm³/mol. The molecule has 1 aromatic carbocycles. The molecule has 2 rings (SSSR count). The average Bonchev–Trinajstić information content (AvgIpc) is 2.81. The largest absolute Gasteiger partial charge is 0.494 e. The molecule has 0 bridgehead atoms. The molecular weight excluding hydrogens is 264 g/mol. The summed E-state index contributed by atoms with van der Waals surface area (Å²) < 4.78 is 5.40. The predicted octanol–water partition coefficient (Wildman–Crippen LogP) is 2.15. The number of ketones is 1. The molecule has 0 aliphatic carbocycles. The number of nitrogens with zero attached hydrogens (tertiary/aromatic N) is 2. The molecule has 2 unspecified atom stereocenters. The molecular formula is C17H26N2O2. The van der Waals surface area contributed by atoms with Crippen molar-refractivity contribution in [3.8, 4) is 5.75 Å². The molecule has 4 nitrogen and oxygen atoms in total. The lowest BCUT2D eigenvalue weighted by molar-refractivity contribution is 0.0941. The quantitative estimate of drug-likeness (QED) is 0.752. The molecule has 0 N–H and O–H groups in total. The summed E-state index contributed by atoms with van der Waals surface area (Å²) >= 11 is 0. The van der Waals surface area contributed by atoms with E-state index in [0.29, 0.717) is 25.1 Å². The van der Waals surface area contributed by atoms with Gasteiger partial charge in [-0.25, -0.2) is 0 Å². The van der Waals surface area contributed by atoms with Crippen molar-refractivity contribution in [3.05, 3.63) is 29.8 Å². The molecule has 1 fully saturated rings. The van der Waals surface area contributed by atoms with Crippen LogP contribution >= 0.6 is 0 Å². The van der Waals surface area contributed by atoms with E-state index in [1.54, 1.807) is 0 Å². The first-order chi connectivity index (χ1) is 10.0. The Labute approximate surface area is 127 Å². The Balaban J connectivity index is 1.93. The SMILES string of the molecule is CCOc1ccc(C(=O)CN2CC(C)C(N(C)C)C2)cc1. The fraction of sp³-hybridized carbons (Fsp3) is 0.588. The maximum atomic E-state index is 12.4. The van der Waals surface area contributed by atoms with Crippen molar-refractivity contribution in [3.63, 3.8) is 0 Å². The second kappa shape index (κ2) is 7.05. The van der Waals surface area contributed by atoms with Crippen molar-refractivity contribution in [2.75, 3.05) is 40.3 Å². The van der Waals surface area contributed by atoms with E-state index >= 15 is 0 Å². The van der Waals surface area contributed by atoms with E-state index in [1.807, 2.05) is 31.2 Å². The van der Waals surface area contributed by atoms with Crippen LogP contribution in [0, 0.1) is 5.92 Å². The summed E-state index contributed by atoms with van der Waals surface area (Å²) in [5.74, 6) is 1.61. The Kier molecular flexibility index (Phi) is 5.37. The number of hydrogen-bond donors (Lipinski definition) is 0. The van der Waals surface area contributed by atoms with Crippen LogP contribution in [0.5, 0.6) is 5.75 Å². The summed E-state index contributed by atoms with van der Waals surface area (Å²) in [6, 6.07) is 7.99. The summed E-state index contributed by atoms with van der Waals surface area (Å²) in [6.45, 7) is 7.32. The number of carbonyl (C=O) groups excluding carboxylic acids is 1. The molecule has 0 saturated carbocycles. The van der Waals surface area contributed by atoms with Gasteiger partial charge < -0.3 is 9.64 Å². The van der Waals surface area contributed by atoms with Gasteiger partial charge in [0.05, 0.1) is 13.2 Å². The first-order valence-corrected chi connectivity index (χ1v) is 7.66. The van der Waals surface area contributed by atoms with Gasteiger partial charge in [0.25, 0.3) is 0 Å². The Hall–Kier alpha value is -1.39. The maximum Gasteiger partial charge on any atom is 0.176 e. The first kappa shape index (κ1) is 16.0. The third kappa shape index (κ3) is 4.05. The van der Waals surface area contributed by atoms with Crippen LogP contribution in [-0.4, -0.2) is 62.0 Å². The molecule has 0 aromatic heterocycles. The highest BCUT2D eigenvalue weighted by Gasteiger charge is 2.31. The lowest BCUT2D eigenvalue weighted by Gasteiger charge is -2.22. The molecule has 1 aliphatic rings. The summed E-state index contributed by atoms with van der Waals surface area (Å²) in [5.41, 5.74) is 0.763. The van der Waals surface area contributed by atoms with E-state index in [2.05, 4.69) is 30.8 Å². The van der Waals surface area contributed by atoms with Gasteiger partial charge in [-0.05, 0) is 51.2 Å². The lowest BCUT2D eigenvalue weighted by Crippen LogP contribution is -2.35. The zero-order valence-electron chi connectivity index (χ0n) is 13.5. The second-order valence-corrected chi connectivity index (χ2v) is 6.08. The van der Waals surface area contributed by atoms with Gasteiger partial charge in [0.2, 0.25) is 0 Å². The number of hydrogen-bond acceptors (Lipinski definition) is 4. The molecule has 21 heavy (non-hydrogen) atoms. The van der Waals surface area contributed by atoms with Crippen molar-refractivity contribution >= 4 is 5.78 Å². The van der Waals surface area contributed by atoms with Crippen LogP contribution in [0.2, 0.25) is 0 Å². The molecule has 0 spiro atoms. The number of likely N-dealkylation sites (N-methyl/N-ethyl adjacent to an activating group) is 1. The topological polar surface area (TPSA) is 32.8 Å². The van der Waals surface area contributed by atoms with E-state index in [9.17, 15) is 4.79 Å². The highest BCUT2D eigenvalue weighted by molar-refractivity contribution is 5.97. The van der Waals surface area contributed by atoms with Gasteiger partial charge in [0, 0.05) is 24.7 Å². The van der Waals surface area contributed by atoms with Gasteiger partial charge in [-0.15, -0.1) is 0 Å². The fourth-order valence-electron chi connectivity index (χ4n) is 3.05. The first-order valence-electron chi connectivity index (χ1n) is 7.66. The van der Waals surface area contributed by atoms with Crippen molar-refractivity contribution in [1.82, 2.24) is 9.80 Å². The number of rotatable bonds is 6. The standard InChI is InChI=1S/C17H26N2O2/c1-5-21-15-8-6-14(7-9-15)17(20)12-19-10-13(2)16(11-19)18(3)4/h6-9,13,16H,5,10-12H2,1-4H3. The van der Waals surface area contributed by atoms with E-state index < -0.39 is 0 Å². The van der Waals surface area contributed by atoms with Crippen molar-refractivity contribution in [2.45, 2.75) is 19.9 Å². The van der Waals surface area contributed by atoms with Gasteiger partial charge >= 0.3 is 0 Å². The van der Waals surface area contributed by atoms with E-state index in [-0.39, 0.29) is 5.78 Å². The number of Topliss-reactive ketones (excluding diaryl/α,β-unsaturated/α-hetero) is 1. The summed E-state index contributed by atoms with van der Waals surface area (Å²) in [5, 5.41) is 0. The highest BCUT2D eigenvalue weighted by atomic mass is 16.5. The van der Waals surface area contributed by atoms with Crippen LogP contribution in [0.15, 0.2) is 24.3 Å². The highest BCUT2D eigenvalue weighted by Crippen LogP contribution is 2.20. The van der Waals surface area contributed by atoms with E-state index in [1.165, 1.54) is 0 Å². The number of carbonyl (C=O) groups is 1. The number of ether oxygens (including phenoxy) is 1. The zero-order chi connectivity index (χ0) is 15.4. The van der Waals surface area contributed by atoms with E-state index in [0.717, 1.165) is 24.4 Å².